The van der Waals surface area contributed by atoms with Crippen molar-refractivity contribution in [3.63, 3.8) is 0 Å². The second kappa shape index (κ2) is 7.58. The number of hydrogen-bond acceptors (Lipinski definition) is 4. The summed E-state index contributed by atoms with van der Waals surface area (Å²) >= 11 is 0. The lowest BCUT2D eigenvalue weighted by molar-refractivity contribution is -0.134. The minimum atomic E-state index is -0.412. The molecule has 0 atom stereocenters. The number of ether oxygens (including phenoxy) is 2. The van der Waals surface area contributed by atoms with Gasteiger partial charge in [-0.1, -0.05) is 36.0 Å². The fourth-order valence-electron chi connectivity index (χ4n) is 2.43. The van der Waals surface area contributed by atoms with E-state index in [9.17, 15) is 9.59 Å². The maximum absolute atomic E-state index is 12.1. The highest BCUT2D eigenvalue weighted by Crippen LogP contribution is 2.26. The third kappa shape index (κ3) is 4.95. The molecule has 4 nitrogen and oxygen atoms in total. The second-order valence-electron chi connectivity index (χ2n) is 5.44. The number of rotatable bonds is 5. The van der Waals surface area contributed by atoms with Crippen molar-refractivity contribution in [1.82, 2.24) is 0 Å². The van der Waals surface area contributed by atoms with E-state index in [0.29, 0.717) is 17.1 Å². The Hall–Kier alpha value is -2.62. The van der Waals surface area contributed by atoms with Crippen LogP contribution in [-0.2, 0) is 9.59 Å². The van der Waals surface area contributed by atoms with E-state index in [1.54, 1.807) is 24.3 Å². The molecule has 0 saturated heterocycles. The van der Waals surface area contributed by atoms with Crippen molar-refractivity contribution in [2.24, 2.45) is 0 Å². The SMILES string of the molecule is C=Cc1cc(OC(=O)CC2=CC(C)=CCC2)ccc1OC(C)=O. The molecule has 1 aromatic rings. The standard InChI is InChI=1S/C19H20O4/c1-4-16-12-17(8-9-18(16)22-14(3)20)23-19(21)11-15-7-5-6-13(2)10-15/h4,6,8-10,12H,1,5,7,11H2,2-3H3. The van der Waals surface area contributed by atoms with Gasteiger partial charge in [0.1, 0.15) is 11.5 Å². The summed E-state index contributed by atoms with van der Waals surface area (Å²) in [6.45, 7) is 7.02. The smallest absolute Gasteiger partial charge is 0.315 e. The summed E-state index contributed by atoms with van der Waals surface area (Å²) < 4.78 is 10.4. The predicted molar refractivity (Wildman–Crippen MR) is 89.2 cm³/mol. The lowest BCUT2D eigenvalue weighted by Gasteiger charge is -2.12. The monoisotopic (exact) mass is 312 g/mol. The molecule has 0 unspecified atom stereocenters. The zero-order valence-electron chi connectivity index (χ0n) is 13.4. The lowest BCUT2D eigenvalue weighted by Crippen LogP contribution is -2.10. The first-order valence-corrected chi connectivity index (χ1v) is 7.49. The maximum Gasteiger partial charge on any atom is 0.315 e. The summed E-state index contributed by atoms with van der Waals surface area (Å²) in [5, 5.41) is 0. The van der Waals surface area contributed by atoms with Gasteiger partial charge in [0.05, 0.1) is 6.42 Å². The first kappa shape index (κ1) is 16.7. The number of carbonyl (C=O) groups excluding carboxylic acids is 2. The molecule has 0 bridgehead atoms. The molecule has 0 saturated carbocycles. The molecule has 1 aliphatic carbocycles. The molecule has 23 heavy (non-hydrogen) atoms. The molecule has 0 aliphatic heterocycles. The van der Waals surface area contributed by atoms with Crippen molar-refractivity contribution in [3.05, 3.63) is 53.6 Å². The van der Waals surface area contributed by atoms with E-state index in [1.807, 2.05) is 13.0 Å². The van der Waals surface area contributed by atoms with Crippen molar-refractivity contribution in [2.75, 3.05) is 0 Å². The first-order valence-electron chi connectivity index (χ1n) is 7.49. The van der Waals surface area contributed by atoms with Crippen molar-refractivity contribution >= 4 is 18.0 Å². The van der Waals surface area contributed by atoms with Gasteiger partial charge in [0, 0.05) is 12.5 Å². The zero-order valence-corrected chi connectivity index (χ0v) is 13.4. The van der Waals surface area contributed by atoms with E-state index in [-0.39, 0.29) is 12.4 Å². The van der Waals surface area contributed by atoms with Crippen LogP contribution in [0.25, 0.3) is 6.08 Å². The average molecular weight is 312 g/mol. The van der Waals surface area contributed by atoms with Gasteiger partial charge in [0.15, 0.2) is 0 Å². The largest absolute Gasteiger partial charge is 0.426 e. The quantitative estimate of drug-likeness (QED) is 0.603. The minimum Gasteiger partial charge on any atom is -0.426 e. The van der Waals surface area contributed by atoms with Crippen LogP contribution in [0.5, 0.6) is 11.5 Å². The Kier molecular flexibility index (Phi) is 5.52. The van der Waals surface area contributed by atoms with E-state index in [4.69, 9.17) is 9.47 Å². The van der Waals surface area contributed by atoms with Gasteiger partial charge in [0.25, 0.3) is 0 Å². The van der Waals surface area contributed by atoms with E-state index >= 15 is 0 Å². The van der Waals surface area contributed by atoms with E-state index in [0.717, 1.165) is 18.4 Å². The van der Waals surface area contributed by atoms with E-state index in [2.05, 4.69) is 12.7 Å². The Morgan fingerprint density at radius 2 is 2.09 bits per heavy atom. The lowest BCUT2D eigenvalue weighted by atomic mass is 9.98. The van der Waals surface area contributed by atoms with Gasteiger partial charge in [-0.15, -0.1) is 0 Å². The van der Waals surface area contributed by atoms with Crippen LogP contribution in [-0.4, -0.2) is 11.9 Å². The molecule has 1 aromatic carbocycles. The van der Waals surface area contributed by atoms with Gasteiger partial charge < -0.3 is 9.47 Å². The number of hydrogen-bond donors (Lipinski definition) is 0. The van der Waals surface area contributed by atoms with Crippen LogP contribution in [0, 0.1) is 0 Å². The second-order valence-corrected chi connectivity index (χ2v) is 5.44. The van der Waals surface area contributed by atoms with Gasteiger partial charge in [0.2, 0.25) is 0 Å². The fourth-order valence-corrected chi connectivity index (χ4v) is 2.43. The Labute approximate surface area is 136 Å². The Bertz CT molecular complexity index is 695. The highest BCUT2D eigenvalue weighted by Gasteiger charge is 2.12. The maximum atomic E-state index is 12.1. The number of allylic oxidation sites excluding steroid dienone is 3. The highest BCUT2D eigenvalue weighted by molar-refractivity contribution is 5.76. The third-order valence-electron chi connectivity index (χ3n) is 3.42. The summed E-state index contributed by atoms with van der Waals surface area (Å²) in [6.07, 6.45) is 7.86. The molecule has 0 amide bonds. The Morgan fingerprint density at radius 1 is 1.30 bits per heavy atom. The van der Waals surface area contributed by atoms with Crippen LogP contribution in [0.2, 0.25) is 0 Å². The fraction of sp³-hybridized carbons (Fsp3) is 0.263. The van der Waals surface area contributed by atoms with E-state index < -0.39 is 5.97 Å². The molecule has 0 spiro atoms. The van der Waals surface area contributed by atoms with Crippen molar-refractivity contribution in [3.8, 4) is 11.5 Å². The minimum absolute atomic E-state index is 0.278. The van der Waals surface area contributed by atoms with Gasteiger partial charge in [-0.3, -0.25) is 9.59 Å². The molecule has 0 heterocycles. The van der Waals surface area contributed by atoms with Crippen LogP contribution in [0.3, 0.4) is 0 Å². The normalized spacial score (nSPS) is 13.7. The van der Waals surface area contributed by atoms with Crippen LogP contribution in [0.1, 0.15) is 38.7 Å². The molecule has 0 N–H and O–H groups in total. The summed E-state index contributed by atoms with van der Waals surface area (Å²) in [5.41, 5.74) is 2.86. The highest BCUT2D eigenvalue weighted by atomic mass is 16.5. The Balaban J connectivity index is 2.05. The van der Waals surface area contributed by atoms with E-state index in [1.165, 1.54) is 12.5 Å². The van der Waals surface area contributed by atoms with Gasteiger partial charge >= 0.3 is 11.9 Å². The summed E-state index contributed by atoms with van der Waals surface area (Å²) in [4.78, 5) is 23.1. The molecule has 1 aliphatic rings. The molecule has 0 fully saturated rings. The van der Waals surface area contributed by atoms with Crippen LogP contribution >= 0.6 is 0 Å². The number of carbonyl (C=O) groups is 2. The number of benzene rings is 1. The molecule has 120 valence electrons. The summed E-state index contributed by atoms with van der Waals surface area (Å²) in [6, 6.07) is 4.82. The van der Waals surface area contributed by atoms with Crippen LogP contribution < -0.4 is 9.47 Å². The molecule has 4 heteroatoms. The predicted octanol–water partition coefficient (Wildman–Crippen LogP) is 4.22. The van der Waals surface area contributed by atoms with Crippen LogP contribution in [0.15, 0.2) is 48.1 Å². The molecule has 0 aromatic heterocycles. The molecule has 2 rings (SSSR count). The van der Waals surface area contributed by atoms with Gasteiger partial charge in [-0.05, 0) is 38.0 Å². The third-order valence-corrected chi connectivity index (χ3v) is 3.42. The first-order chi connectivity index (χ1) is 11.0. The summed E-state index contributed by atoms with van der Waals surface area (Å²) in [5.74, 6) is 0.0826. The zero-order chi connectivity index (χ0) is 16.8. The van der Waals surface area contributed by atoms with Crippen LogP contribution in [0.4, 0.5) is 0 Å². The number of esters is 2. The molecular weight excluding hydrogens is 292 g/mol. The van der Waals surface area contributed by atoms with Crippen molar-refractivity contribution < 1.29 is 19.1 Å². The van der Waals surface area contributed by atoms with Crippen molar-refractivity contribution in [1.29, 1.82) is 0 Å². The van der Waals surface area contributed by atoms with Gasteiger partial charge in [-0.2, -0.15) is 0 Å². The molecule has 0 radical (unpaired) electrons. The molecular formula is C19H20O4. The topological polar surface area (TPSA) is 52.6 Å². The average Bonchev–Trinajstić information content (AvgIpc) is 2.48. The Morgan fingerprint density at radius 3 is 2.74 bits per heavy atom. The van der Waals surface area contributed by atoms with Crippen molar-refractivity contribution in [2.45, 2.75) is 33.1 Å². The summed E-state index contributed by atoms with van der Waals surface area (Å²) in [7, 11) is 0. The van der Waals surface area contributed by atoms with Gasteiger partial charge in [-0.25, -0.2) is 0 Å².